The van der Waals surface area contributed by atoms with E-state index in [2.05, 4.69) is 187 Å². The Bertz CT molecular complexity index is 2610. The monoisotopic (exact) mass is 642 g/mol. The number of rotatable bonds is 4. The molecule has 4 heteroatoms. The Morgan fingerprint density at radius 2 is 0.860 bits per heavy atom. The summed E-state index contributed by atoms with van der Waals surface area (Å²) in [7, 11) is 2.14. The fourth-order valence-corrected chi connectivity index (χ4v) is 7.48. The predicted octanol–water partition coefficient (Wildman–Crippen LogP) is 8.31. The topological polar surface area (TPSA) is 45.4 Å². The second kappa shape index (κ2) is 12.2. The van der Waals surface area contributed by atoms with Crippen molar-refractivity contribution in [3.05, 3.63) is 225 Å². The van der Waals surface area contributed by atoms with Crippen LogP contribution in [0, 0.1) is 6.92 Å². The molecule has 8 bridgehead atoms. The van der Waals surface area contributed by atoms with Crippen LogP contribution in [0.25, 0.3) is 22.3 Å². The van der Waals surface area contributed by atoms with Gasteiger partial charge < -0.3 is 9.55 Å². The van der Waals surface area contributed by atoms with E-state index >= 15 is 0 Å². The number of aromatic amines is 1. The van der Waals surface area contributed by atoms with Crippen LogP contribution in [0.4, 0.5) is 0 Å². The molecule has 4 aromatic carbocycles. The second-order valence-corrected chi connectivity index (χ2v) is 12.8. The molecule has 50 heavy (non-hydrogen) atoms. The average molecular weight is 643 g/mol. The van der Waals surface area contributed by atoms with Gasteiger partial charge in [0, 0.05) is 51.8 Å². The number of aliphatic imine (C=N–C) groups is 2. The van der Waals surface area contributed by atoms with E-state index in [9.17, 15) is 0 Å². The molecule has 1 N–H and O–H groups in total. The van der Waals surface area contributed by atoms with E-state index in [-0.39, 0.29) is 0 Å². The highest BCUT2D eigenvalue weighted by molar-refractivity contribution is 6.31. The zero-order chi connectivity index (χ0) is 33.6. The lowest BCUT2D eigenvalue weighted by molar-refractivity contribution is 0.903. The van der Waals surface area contributed by atoms with Crippen LogP contribution >= 0.6 is 0 Å². The van der Waals surface area contributed by atoms with Gasteiger partial charge in [0.15, 0.2) is 0 Å². The Balaban J connectivity index is 1.46. The Labute approximate surface area is 291 Å². The lowest BCUT2D eigenvalue weighted by Gasteiger charge is -2.14. The summed E-state index contributed by atoms with van der Waals surface area (Å²) in [6, 6.07) is 46.7. The molecule has 0 unspecified atom stereocenters. The number of benzene rings is 4. The van der Waals surface area contributed by atoms with E-state index in [1.54, 1.807) is 0 Å². The number of aromatic nitrogens is 2. The number of nitrogens with zero attached hydrogens (tertiary/aromatic N) is 3. The maximum Gasteiger partial charge on any atom is 0.0737 e. The van der Waals surface area contributed by atoms with Crippen molar-refractivity contribution < 1.29 is 0 Å². The van der Waals surface area contributed by atoms with E-state index in [0.29, 0.717) is 0 Å². The summed E-state index contributed by atoms with van der Waals surface area (Å²) < 4.78 is 2.26. The third-order valence-electron chi connectivity index (χ3n) is 9.72. The number of allylic oxidation sites excluding steroid dienone is 4. The Hall–Kier alpha value is -6.52. The minimum Gasteiger partial charge on any atom is -0.354 e. The number of aryl methyl sites for hydroxylation is 1. The minimum absolute atomic E-state index is 0.915. The van der Waals surface area contributed by atoms with Gasteiger partial charge in [-0.15, -0.1) is 0 Å². The van der Waals surface area contributed by atoms with E-state index in [0.717, 1.165) is 89.3 Å². The van der Waals surface area contributed by atoms with E-state index in [1.807, 2.05) is 0 Å². The van der Waals surface area contributed by atoms with Gasteiger partial charge in [0.2, 0.25) is 0 Å². The molecule has 3 aliphatic heterocycles. The maximum absolute atomic E-state index is 5.44. The first-order valence-electron chi connectivity index (χ1n) is 17.0. The summed E-state index contributed by atoms with van der Waals surface area (Å²) in [5.74, 6) is 0. The third-order valence-corrected chi connectivity index (χ3v) is 9.72. The zero-order valence-electron chi connectivity index (χ0n) is 27.9. The molecule has 238 valence electrons. The van der Waals surface area contributed by atoms with Gasteiger partial charge in [0.1, 0.15) is 0 Å². The van der Waals surface area contributed by atoms with Crippen LogP contribution in [0.2, 0.25) is 0 Å². The fraction of sp³-hybridized carbons (Fsp3) is 0.0435. The molecule has 5 heterocycles. The molecule has 9 rings (SSSR count). The summed E-state index contributed by atoms with van der Waals surface area (Å²) in [6.45, 7) is 2.23. The lowest BCUT2D eigenvalue weighted by atomic mass is 9.92. The first kappa shape index (κ1) is 29.6. The van der Waals surface area contributed by atoms with E-state index in [1.165, 1.54) is 5.56 Å². The molecule has 0 radical (unpaired) electrons. The van der Waals surface area contributed by atoms with E-state index in [4.69, 9.17) is 9.98 Å². The number of hydrogen-bond acceptors (Lipinski definition) is 2. The van der Waals surface area contributed by atoms with E-state index < -0.39 is 0 Å². The van der Waals surface area contributed by atoms with Gasteiger partial charge in [-0.1, -0.05) is 121 Å². The van der Waals surface area contributed by atoms with Crippen LogP contribution in [0.5, 0.6) is 0 Å². The molecule has 2 aromatic heterocycles. The largest absolute Gasteiger partial charge is 0.354 e. The Kier molecular flexibility index (Phi) is 7.21. The first-order valence-corrected chi connectivity index (χ1v) is 17.0. The molecule has 0 fully saturated rings. The molecule has 0 amide bonds. The Morgan fingerprint density at radius 1 is 0.460 bits per heavy atom. The van der Waals surface area contributed by atoms with Gasteiger partial charge in [-0.2, -0.15) is 0 Å². The number of H-pyrrole nitrogens is 1. The number of nitrogens with one attached hydrogen (secondary N) is 1. The molecule has 0 atom stereocenters. The maximum atomic E-state index is 5.44. The van der Waals surface area contributed by atoms with Gasteiger partial charge in [-0.05, 0) is 71.2 Å². The number of hydrogen-bond donors (Lipinski definition) is 1. The summed E-state index contributed by atoms with van der Waals surface area (Å²) in [6.07, 6.45) is 10.9. The van der Waals surface area contributed by atoms with Crippen LogP contribution in [0.15, 0.2) is 185 Å². The molecule has 0 saturated carbocycles. The number of fused-ring (bicyclic) bond motifs is 6. The minimum atomic E-state index is 0.915. The molecule has 0 saturated heterocycles. The summed E-state index contributed by atoms with van der Waals surface area (Å²) in [4.78, 5) is 14.7. The summed E-state index contributed by atoms with van der Waals surface area (Å²) >= 11 is 0. The highest BCUT2D eigenvalue weighted by Gasteiger charge is 2.26. The van der Waals surface area contributed by atoms with Crippen molar-refractivity contribution in [2.45, 2.75) is 6.92 Å². The van der Waals surface area contributed by atoms with Crippen molar-refractivity contribution in [1.29, 1.82) is 0 Å². The summed E-state index contributed by atoms with van der Waals surface area (Å²) in [5, 5.41) is 2.00. The normalized spacial score (nSPS) is 15.2. The quantitative estimate of drug-likeness (QED) is 0.201. The molecule has 3 aliphatic rings. The Morgan fingerprint density at radius 3 is 1.32 bits per heavy atom. The fourth-order valence-electron chi connectivity index (χ4n) is 7.48. The van der Waals surface area contributed by atoms with Crippen LogP contribution < -0.4 is 10.7 Å². The smallest absolute Gasteiger partial charge is 0.0737 e. The van der Waals surface area contributed by atoms with Crippen LogP contribution in [0.1, 0.15) is 39.1 Å². The predicted molar refractivity (Wildman–Crippen MR) is 206 cm³/mol. The highest BCUT2D eigenvalue weighted by Crippen LogP contribution is 2.40. The first-order chi connectivity index (χ1) is 24.6. The van der Waals surface area contributed by atoms with Gasteiger partial charge in [0.05, 0.1) is 28.5 Å². The van der Waals surface area contributed by atoms with Crippen molar-refractivity contribution in [3.63, 3.8) is 0 Å². The average Bonchev–Trinajstić information content (AvgIpc) is 3.98. The van der Waals surface area contributed by atoms with Crippen LogP contribution in [-0.2, 0) is 7.05 Å². The second-order valence-electron chi connectivity index (χ2n) is 12.8. The van der Waals surface area contributed by atoms with Gasteiger partial charge in [-0.25, -0.2) is 9.98 Å². The lowest BCUT2D eigenvalue weighted by Crippen LogP contribution is -2.21. The zero-order valence-corrected chi connectivity index (χ0v) is 27.9. The molecule has 0 spiro atoms. The molecule has 4 nitrogen and oxygen atoms in total. The van der Waals surface area contributed by atoms with Gasteiger partial charge in [-0.3, -0.25) is 0 Å². The highest BCUT2D eigenvalue weighted by atomic mass is 14.9. The van der Waals surface area contributed by atoms with Crippen molar-refractivity contribution >= 4 is 33.7 Å². The molecule has 0 aliphatic carbocycles. The van der Waals surface area contributed by atoms with Gasteiger partial charge >= 0.3 is 0 Å². The van der Waals surface area contributed by atoms with Gasteiger partial charge in [0.25, 0.3) is 0 Å². The van der Waals surface area contributed by atoms with Crippen LogP contribution in [-0.4, -0.2) is 21.0 Å². The molecular formula is C46H34N4. The standard InChI is InChI=1S/C46H34N4/c1-30-35-29-50(2)46(30)45(34-21-13-6-14-22-34)41-28-27-40(49-41)44(33-19-11-5-12-20-33)39-26-25-38(48-39)43(32-17-9-4-10-18-32)37-24-23-36(47-37)42(35)31-15-7-3-8-16-31/h3-29,48H,1-2H3. The van der Waals surface area contributed by atoms with Crippen molar-refractivity contribution in [2.75, 3.05) is 0 Å². The summed E-state index contributed by atoms with van der Waals surface area (Å²) in [5.41, 5.74) is 15.9. The van der Waals surface area contributed by atoms with Crippen molar-refractivity contribution in [1.82, 2.24) is 9.55 Å². The van der Waals surface area contributed by atoms with Crippen LogP contribution in [0.3, 0.4) is 0 Å². The van der Waals surface area contributed by atoms with Crippen molar-refractivity contribution in [2.24, 2.45) is 17.0 Å². The molecular weight excluding hydrogens is 609 g/mol. The van der Waals surface area contributed by atoms with Crippen molar-refractivity contribution in [3.8, 4) is 0 Å². The SMILES string of the molecule is Cc1c2cn(C)c1C(c1ccccc1)=C1C=CC(=N1)C(c1ccccc1)=c1ccc([nH]1)=C(c1ccccc1)C1=NC(=C2c2ccccc2)C=C1. The molecule has 6 aromatic rings. The third kappa shape index (κ3) is 5.01.